The Morgan fingerprint density at radius 2 is 1.31 bits per heavy atom. The van der Waals surface area contributed by atoms with E-state index in [0.29, 0.717) is 6.42 Å². The lowest BCUT2D eigenvalue weighted by atomic mass is 9.87. The quantitative estimate of drug-likeness (QED) is 0.0230. The van der Waals surface area contributed by atoms with Crippen molar-refractivity contribution in [1.29, 1.82) is 0 Å². The fraction of sp³-hybridized carbons (Fsp3) is 0.833. The summed E-state index contributed by atoms with van der Waals surface area (Å²) in [4.78, 5) is 88.7. The molecule has 1 fully saturated rings. The summed E-state index contributed by atoms with van der Waals surface area (Å²) in [6, 6.07) is 0. The zero-order chi connectivity index (χ0) is 57.1. The largest absolute Gasteiger partial charge is 0.481 e. The Hall–Kier alpha value is -2.48. The van der Waals surface area contributed by atoms with Crippen LogP contribution in [-0.4, -0.2) is 134 Å². The predicted octanol–water partition coefficient (Wildman–Crippen LogP) is 7.26. The van der Waals surface area contributed by atoms with Crippen molar-refractivity contribution in [1.82, 2.24) is 30.2 Å². The predicted molar refractivity (Wildman–Crippen MR) is 290 cm³/mol. The maximum Gasteiger partial charge on any atom is 0.481 e. The number of nitrogens with zero attached hydrogens (tertiary/aromatic N) is 4. The molecule has 3 rings (SSSR count). The van der Waals surface area contributed by atoms with Gasteiger partial charge in [0.25, 0.3) is 0 Å². The number of nitrogen functional groups attached to an aromatic ring is 1. The van der Waals surface area contributed by atoms with E-state index in [1.807, 2.05) is 0 Å². The van der Waals surface area contributed by atoms with Gasteiger partial charge in [0.05, 0.1) is 25.6 Å². The molecule has 2 amide bonds. The van der Waals surface area contributed by atoms with Crippen LogP contribution in [0.25, 0.3) is 11.2 Å². The number of fused-ring (bicyclic) bond motifs is 1. The van der Waals surface area contributed by atoms with Gasteiger partial charge in [-0.2, -0.15) is 4.31 Å². The Bertz CT molecular complexity index is 2210. The number of thioether (sulfide) groups is 1. The molecule has 11 N–H and O–H groups in total. The number of hydrogen-bond donors (Lipinski definition) is 10. The van der Waals surface area contributed by atoms with Gasteiger partial charge in [-0.05, 0) is 12.3 Å². The minimum atomic E-state index is -5.59. The molecular formula is C48H88N7O18P3S. The lowest BCUT2D eigenvalue weighted by Crippen LogP contribution is -2.46. The van der Waals surface area contributed by atoms with Crippen molar-refractivity contribution in [3.63, 3.8) is 0 Å². The van der Waals surface area contributed by atoms with E-state index >= 15 is 0 Å². The van der Waals surface area contributed by atoms with Gasteiger partial charge in [0.1, 0.15) is 36.3 Å². The lowest BCUT2D eigenvalue weighted by Gasteiger charge is -2.30. The summed E-state index contributed by atoms with van der Waals surface area (Å²) in [6.45, 7) is 5.02. The molecule has 2 aromatic rings. The van der Waals surface area contributed by atoms with Crippen LogP contribution < -0.4 is 16.4 Å². The third-order valence-corrected chi connectivity index (χ3v) is 17.0. The lowest BCUT2D eigenvalue weighted by molar-refractivity contribution is -0.137. The summed E-state index contributed by atoms with van der Waals surface area (Å²) in [5.41, 5.74) is 4.27. The zero-order valence-corrected chi connectivity index (χ0v) is 48.7. The van der Waals surface area contributed by atoms with E-state index in [-0.39, 0.29) is 53.8 Å². The van der Waals surface area contributed by atoms with Crippen molar-refractivity contribution >= 4 is 69.1 Å². The molecule has 29 heteroatoms. The summed E-state index contributed by atoms with van der Waals surface area (Å²) in [6.07, 6.45) is 18.8. The number of anilines is 1. The first kappa shape index (κ1) is 68.8. The van der Waals surface area contributed by atoms with Crippen LogP contribution in [0.15, 0.2) is 12.7 Å². The van der Waals surface area contributed by atoms with Crippen molar-refractivity contribution in [3.05, 3.63) is 12.7 Å². The SMILES string of the molecule is CC(C)CCCCCCCCCCCCCCCCCCCCC[C@H](O)CC(=O)SCCNC(=O)CCNC(=O)[C@H](O)C(C)(C)COP(=O)(O)OP(=O)(O)OC[C@H]1O[C@@H](n2cnc3c(N)ncnc32)[C@H](O)[C@@H]1OP(=O)(O)O. The van der Waals surface area contributed by atoms with Gasteiger partial charge in [-0.25, -0.2) is 28.6 Å². The topological polar surface area (TPSA) is 384 Å². The molecule has 1 aliphatic rings. The zero-order valence-electron chi connectivity index (χ0n) is 45.2. The smallest absolute Gasteiger partial charge is 0.393 e. The van der Waals surface area contributed by atoms with Crippen LogP contribution in [0, 0.1) is 11.3 Å². The number of unbranched alkanes of at least 4 members (excludes halogenated alkanes) is 18. The van der Waals surface area contributed by atoms with E-state index in [1.54, 1.807) is 0 Å². The first-order chi connectivity index (χ1) is 36.3. The summed E-state index contributed by atoms with van der Waals surface area (Å²) >= 11 is 1.01. The van der Waals surface area contributed by atoms with Crippen LogP contribution >= 0.6 is 35.2 Å². The Kier molecular flexibility index (Phi) is 31.6. The molecule has 0 bridgehead atoms. The average Bonchev–Trinajstić information content (AvgIpc) is 3.91. The number of amides is 2. The van der Waals surface area contributed by atoms with Gasteiger partial charge in [0.2, 0.25) is 11.8 Å². The molecular weight excluding hydrogens is 1090 g/mol. The van der Waals surface area contributed by atoms with E-state index in [4.69, 9.17) is 19.5 Å². The molecule has 8 atom stereocenters. The van der Waals surface area contributed by atoms with E-state index in [0.717, 1.165) is 54.2 Å². The number of imidazole rings is 1. The minimum absolute atomic E-state index is 0.0270. The van der Waals surface area contributed by atoms with Crippen LogP contribution in [0.1, 0.15) is 182 Å². The molecule has 25 nitrogen and oxygen atoms in total. The standard InChI is InChI=1S/C48H88N7O18P3S/c1-35(2)24-22-20-18-16-14-12-10-8-6-5-7-9-11-13-15-17-19-21-23-25-36(56)30-39(58)77-29-28-50-38(57)26-27-51-46(61)43(60)48(3,4)32-70-76(67,68)73-75(65,66)69-31-37-42(72-74(62,63)64)41(59)47(71-37)55-34-54-40-44(49)52-33-53-45(40)55/h33-37,41-43,47,56,59-60H,5-32H2,1-4H3,(H,50,57)(H,51,61)(H,65,66)(H,67,68)(H2,49,52,53)(H2,62,63,64)/t36-,37+,41+,42+,43-,47+/m0/s1. The molecule has 2 unspecified atom stereocenters. The van der Waals surface area contributed by atoms with Gasteiger partial charge < -0.3 is 56.0 Å². The summed E-state index contributed by atoms with van der Waals surface area (Å²) in [7, 11) is -16.4. The van der Waals surface area contributed by atoms with Crippen LogP contribution in [0.5, 0.6) is 0 Å². The Labute approximate surface area is 457 Å². The molecule has 444 valence electrons. The first-order valence-corrected chi connectivity index (χ1v) is 32.5. The van der Waals surface area contributed by atoms with E-state index in [1.165, 1.54) is 123 Å². The molecule has 1 saturated heterocycles. The van der Waals surface area contributed by atoms with E-state index in [9.17, 15) is 63.0 Å². The second kappa shape index (κ2) is 35.4. The molecule has 0 aliphatic carbocycles. The molecule has 2 aromatic heterocycles. The molecule has 77 heavy (non-hydrogen) atoms. The van der Waals surface area contributed by atoms with Gasteiger partial charge in [0.15, 0.2) is 22.8 Å². The number of ether oxygens (including phenoxy) is 1. The molecule has 0 spiro atoms. The minimum Gasteiger partial charge on any atom is -0.393 e. The van der Waals surface area contributed by atoms with Crippen molar-refractivity contribution in [2.75, 3.05) is 37.8 Å². The highest BCUT2D eigenvalue weighted by Gasteiger charge is 2.50. The molecule has 1 aliphatic heterocycles. The fourth-order valence-corrected chi connectivity index (χ4v) is 12.2. The summed E-state index contributed by atoms with van der Waals surface area (Å²) in [5.74, 6) is -0.378. The number of phosphoric ester groups is 3. The van der Waals surface area contributed by atoms with Crippen LogP contribution in [0.3, 0.4) is 0 Å². The maximum atomic E-state index is 12.8. The Morgan fingerprint density at radius 3 is 1.86 bits per heavy atom. The highest BCUT2D eigenvalue weighted by Crippen LogP contribution is 2.61. The number of aromatic nitrogens is 4. The van der Waals surface area contributed by atoms with Crippen LogP contribution in [-0.2, 0) is 50.7 Å². The Morgan fingerprint density at radius 1 is 0.779 bits per heavy atom. The average molecular weight is 1180 g/mol. The summed E-state index contributed by atoms with van der Waals surface area (Å²) < 4.78 is 62.6. The monoisotopic (exact) mass is 1180 g/mol. The van der Waals surface area contributed by atoms with Crippen molar-refractivity contribution in [2.45, 2.75) is 212 Å². The first-order valence-electron chi connectivity index (χ1n) is 27.0. The molecule has 0 radical (unpaired) electrons. The van der Waals surface area contributed by atoms with Gasteiger partial charge in [-0.3, -0.25) is 32.5 Å². The summed E-state index contributed by atoms with van der Waals surface area (Å²) in [5, 5.41) is 36.8. The Balaban J connectivity index is 1.21. The normalized spacial score (nSPS) is 19.5. The van der Waals surface area contributed by atoms with Crippen molar-refractivity contribution in [2.24, 2.45) is 11.3 Å². The highest BCUT2D eigenvalue weighted by molar-refractivity contribution is 8.13. The van der Waals surface area contributed by atoms with E-state index in [2.05, 4.69) is 48.3 Å². The van der Waals surface area contributed by atoms with Gasteiger partial charge >= 0.3 is 23.5 Å². The van der Waals surface area contributed by atoms with Crippen LogP contribution in [0.4, 0.5) is 5.82 Å². The third-order valence-electron chi connectivity index (χ3n) is 13.0. The van der Waals surface area contributed by atoms with Gasteiger partial charge in [-0.15, -0.1) is 0 Å². The third kappa shape index (κ3) is 28.2. The number of phosphoric acid groups is 3. The fourth-order valence-electron chi connectivity index (χ4n) is 8.59. The number of aliphatic hydroxyl groups excluding tert-OH is 3. The van der Waals surface area contributed by atoms with Crippen LogP contribution in [0.2, 0.25) is 0 Å². The number of hydrogen-bond acceptors (Lipinski definition) is 19. The number of carbonyl (C=O) groups is 3. The molecule has 0 saturated carbocycles. The highest BCUT2D eigenvalue weighted by atomic mass is 32.2. The molecule has 3 heterocycles. The van der Waals surface area contributed by atoms with Gasteiger partial charge in [-0.1, -0.05) is 168 Å². The molecule has 0 aromatic carbocycles. The van der Waals surface area contributed by atoms with Gasteiger partial charge in [0, 0.05) is 37.1 Å². The number of nitrogens with one attached hydrogen (secondary N) is 2. The number of rotatable bonds is 43. The van der Waals surface area contributed by atoms with E-state index < -0.39 is 90.7 Å². The van der Waals surface area contributed by atoms with Crippen molar-refractivity contribution in [3.8, 4) is 0 Å². The number of aliphatic hydroxyl groups is 3. The second-order valence-electron chi connectivity index (χ2n) is 20.8. The number of nitrogens with two attached hydrogens (primary N) is 1. The number of carbonyl (C=O) groups excluding carboxylic acids is 3. The van der Waals surface area contributed by atoms with Crippen molar-refractivity contribution < 1.29 is 85.6 Å². The second-order valence-corrected chi connectivity index (χ2v) is 26.2. The maximum absolute atomic E-state index is 12.8.